The highest BCUT2D eigenvalue weighted by molar-refractivity contribution is 7.99. The molecule has 1 unspecified atom stereocenters. The summed E-state index contributed by atoms with van der Waals surface area (Å²) in [5, 5.41) is 9.64. The van der Waals surface area contributed by atoms with Crippen LogP contribution in [0.15, 0.2) is 5.03 Å². The third-order valence-corrected chi connectivity index (χ3v) is 3.44. The van der Waals surface area contributed by atoms with Gasteiger partial charge in [0.15, 0.2) is 0 Å². The van der Waals surface area contributed by atoms with Crippen LogP contribution in [0.5, 0.6) is 0 Å². The first-order valence-electron chi connectivity index (χ1n) is 5.19. The standard InChI is InChI=1S/C11H16N2O3S/c1-6(16-4)5-17-10-9(11(14)15)7(2)12-8(3)13-10/h6H,5H2,1-4H3,(H,14,15). The maximum absolute atomic E-state index is 11.1. The van der Waals surface area contributed by atoms with E-state index in [9.17, 15) is 4.79 Å². The van der Waals surface area contributed by atoms with Gasteiger partial charge in [-0.05, 0) is 20.8 Å². The molecule has 0 aliphatic carbocycles. The Morgan fingerprint density at radius 3 is 2.65 bits per heavy atom. The molecule has 0 aliphatic heterocycles. The van der Waals surface area contributed by atoms with Gasteiger partial charge >= 0.3 is 5.97 Å². The zero-order chi connectivity index (χ0) is 13.0. The van der Waals surface area contributed by atoms with Crippen LogP contribution in [-0.4, -0.2) is 40.0 Å². The Bertz CT molecular complexity index is 423. The first kappa shape index (κ1) is 13.9. The molecular formula is C11H16N2O3S. The summed E-state index contributed by atoms with van der Waals surface area (Å²) in [7, 11) is 1.62. The van der Waals surface area contributed by atoms with Crippen molar-refractivity contribution in [3.8, 4) is 0 Å². The number of thioether (sulfide) groups is 1. The Morgan fingerprint density at radius 2 is 2.12 bits per heavy atom. The first-order chi connectivity index (χ1) is 7.95. The van der Waals surface area contributed by atoms with E-state index in [1.165, 1.54) is 11.8 Å². The largest absolute Gasteiger partial charge is 0.478 e. The molecule has 1 rings (SSSR count). The minimum atomic E-state index is -0.991. The highest BCUT2D eigenvalue weighted by atomic mass is 32.2. The Hall–Kier alpha value is -1.14. The Kier molecular flexibility index (Phi) is 4.89. The molecule has 1 aromatic heterocycles. The third-order valence-electron chi connectivity index (χ3n) is 2.24. The van der Waals surface area contributed by atoms with Gasteiger partial charge < -0.3 is 9.84 Å². The highest BCUT2D eigenvalue weighted by Gasteiger charge is 2.17. The zero-order valence-corrected chi connectivity index (χ0v) is 11.2. The van der Waals surface area contributed by atoms with Crippen molar-refractivity contribution in [2.75, 3.05) is 12.9 Å². The molecular weight excluding hydrogens is 240 g/mol. The minimum absolute atomic E-state index is 0.0530. The van der Waals surface area contributed by atoms with E-state index in [4.69, 9.17) is 9.84 Å². The molecule has 0 saturated heterocycles. The quantitative estimate of drug-likeness (QED) is 0.641. The van der Waals surface area contributed by atoms with Gasteiger partial charge in [0.1, 0.15) is 16.4 Å². The summed E-state index contributed by atoms with van der Waals surface area (Å²) in [5.74, 6) is 0.252. The number of rotatable bonds is 5. The van der Waals surface area contributed by atoms with Gasteiger partial charge in [0, 0.05) is 12.9 Å². The minimum Gasteiger partial charge on any atom is -0.478 e. The van der Waals surface area contributed by atoms with Crippen LogP contribution < -0.4 is 0 Å². The lowest BCUT2D eigenvalue weighted by Gasteiger charge is -2.11. The molecule has 1 aromatic rings. The average Bonchev–Trinajstić information content (AvgIpc) is 2.24. The van der Waals surface area contributed by atoms with E-state index >= 15 is 0 Å². The number of aromatic carboxylic acids is 1. The van der Waals surface area contributed by atoms with Gasteiger partial charge in [-0.3, -0.25) is 0 Å². The van der Waals surface area contributed by atoms with Gasteiger partial charge in [-0.15, -0.1) is 11.8 Å². The number of aryl methyl sites for hydroxylation is 2. The van der Waals surface area contributed by atoms with Gasteiger partial charge in [0.05, 0.1) is 11.8 Å². The molecule has 0 spiro atoms. The van der Waals surface area contributed by atoms with E-state index in [-0.39, 0.29) is 11.7 Å². The van der Waals surface area contributed by atoms with Gasteiger partial charge in [-0.1, -0.05) is 0 Å². The maximum atomic E-state index is 11.1. The van der Waals surface area contributed by atoms with Crippen LogP contribution in [0.4, 0.5) is 0 Å². The fourth-order valence-corrected chi connectivity index (χ4v) is 2.40. The molecule has 0 amide bonds. The molecule has 0 aliphatic rings. The summed E-state index contributed by atoms with van der Waals surface area (Å²) in [6.45, 7) is 5.36. The molecule has 17 heavy (non-hydrogen) atoms. The number of hydrogen-bond donors (Lipinski definition) is 1. The third kappa shape index (κ3) is 3.67. The fraction of sp³-hybridized carbons (Fsp3) is 0.545. The summed E-state index contributed by atoms with van der Waals surface area (Å²) >= 11 is 1.38. The van der Waals surface area contributed by atoms with E-state index in [0.717, 1.165) is 0 Å². The molecule has 0 fully saturated rings. The van der Waals surface area contributed by atoms with Crippen LogP contribution in [0.3, 0.4) is 0 Å². The molecule has 0 aromatic carbocycles. The fourth-order valence-electron chi connectivity index (χ4n) is 1.30. The van der Waals surface area contributed by atoms with Crippen molar-refractivity contribution in [2.45, 2.75) is 31.9 Å². The normalized spacial score (nSPS) is 12.5. The molecule has 5 nitrogen and oxygen atoms in total. The second-order valence-electron chi connectivity index (χ2n) is 3.70. The van der Waals surface area contributed by atoms with Crippen LogP contribution in [0.2, 0.25) is 0 Å². The molecule has 0 radical (unpaired) electrons. The lowest BCUT2D eigenvalue weighted by Crippen LogP contribution is -2.11. The number of ether oxygens (including phenoxy) is 1. The van der Waals surface area contributed by atoms with Crippen molar-refractivity contribution in [1.82, 2.24) is 9.97 Å². The highest BCUT2D eigenvalue weighted by Crippen LogP contribution is 2.23. The van der Waals surface area contributed by atoms with Crippen molar-refractivity contribution < 1.29 is 14.6 Å². The van der Waals surface area contributed by atoms with E-state index in [1.807, 2.05) is 6.92 Å². The summed E-state index contributed by atoms with van der Waals surface area (Å²) in [6, 6.07) is 0. The monoisotopic (exact) mass is 256 g/mol. The van der Waals surface area contributed by atoms with Gasteiger partial charge in [-0.2, -0.15) is 0 Å². The van der Waals surface area contributed by atoms with E-state index in [1.54, 1.807) is 21.0 Å². The molecule has 0 bridgehead atoms. The number of methoxy groups -OCH3 is 1. The summed E-state index contributed by atoms with van der Waals surface area (Å²) < 4.78 is 5.12. The predicted octanol–water partition coefficient (Wildman–Crippen LogP) is 1.92. The number of nitrogens with zero attached hydrogens (tertiary/aromatic N) is 2. The van der Waals surface area contributed by atoms with Crippen molar-refractivity contribution in [2.24, 2.45) is 0 Å². The van der Waals surface area contributed by atoms with Crippen molar-refractivity contribution in [3.05, 3.63) is 17.1 Å². The summed E-state index contributed by atoms with van der Waals surface area (Å²) in [5.41, 5.74) is 0.682. The lowest BCUT2D eigenvalue weighted by molar-refractivity contribution is 0.0690. The molecule has 1 N–H and O–H groups in total. The number of aromatic nitrogens is 2. The topological polar surface area (TPSA) is 72.3 Å². The van der Waals surface area contributed by atoms with E-state index in [2.05, 4.69) is 9.97 Å². The summed E-state index contributed by atoms with van der Waals surface area (Å²) in [4.78, 5) is 19.4. The molecule has 6 heteroatoms. The first-order valence-corrected chi connectivity index (χ1v) is 6.18. The average molecular weight is 256 g/mol. The maximum Gasteiger partial charge on any atom is 0.340 e. The number of carboxylic acid groups (broad SMARTS) is 1. The van der Waals surface area contributed by atoms with Gasteiger partial charge in [0.2, 0.25) is 0 Å². The SMILES string of the molecule is COC(C)CSc1nc(C)nc(C)c1C(=O)O. The van der Waals surface area contributed by atoms with Crippen LogP contribution in [0, 0.1) is 13.8 Å². The van der Waals surface area contributed by atoms with Crippen molar-refractivity contribution in [1.29, 1.82) is 0 Å². The second kappa shape index (κ2) is 5.97. The van der Waals surface area contributed by atoms with E-state index in [0.29, 0.717) is 22.3 Å². The number of carboxylic acids is 1. The van der Waals surface area contributed by atoms with Crippen LogP contribution in [0.1, 0.15) is 28.8 Å². The smallest absolute Gasteiger partial charge is 0.340 e. The van der Waals surface area contributed by atoms with Crippen LogP contribution in [-0.2, 0) is 4.74 Å². The Morgan fingerprint density at radius 1 is 1.47 bits per heavy atom. The predicted molar refractivity (Wildman–Crippen MR) is 65.7 cm³/mol. The van der Waals surface area contributed by atoms with Gasteiger partial charge in [0.25, 0.3) is 0 Å². The molecule has 1 heterocycles. The van der Waals surface area contributed by atoms with Crippen molar-refractivity contribution in [3.63, 3.8) is 0 Å². The zero-order valence-electron chi connectivity index (χ0n) is 10.4. The number of carbonyl (C=O) groups is 1. The molecule has 94 valence electrons. The lowest BCUT2D eigenvalue weighted by atomic mass is 10.2. The van der Waals surface area contributed by atoms with Crippen LogP contribution in [0.25, 0.3) is 0 Å². The summed E-state index contributed by atoms with van der Waals surface area (Å²) in [6.07, 6.45) is 0.0530. The van der Waals surface area contributed by atoms with Crippen LogP contribution >= 0.6 is 11.8 Å². The van der Waals surface area contributed by atoms with E-state index < -0.39 is 5.97 Å². The van der Waals surface area contributed by atoms with Crippen molar-refractivity contribution >= 4 is 17.7 Å². The van der Waals surface area contributed by atoms with Gasteiger partial charge in [-0.25, -0.2) is 14.8 Å². The second-order valence-corrected chi connectivity index (χ2v) is 4.71. The number of hydrogen-bond acceptors (Lipinski definition) is 5. The molecule has 0 saturated carbocycles. The Balaban J connectivity index is 3.00. The Labute approximate surface area is 105 Å². The molecule has 1 atom stereocenters.